The van der Waals surface area contributed by atoms with Crippen molar-refractivity contribution in [1.82, 2.24) is 4.98 Å². The van der Waals surface area contributed by atoms with Gasteiger partial charge in [0.15, 0.2) is 0 Å². The molecule has 5 nitrogen and oxygen atoms in total. The van der Waals surface area contributed by atoms with E-state index in [1.807, 2.05) is 0 Å². The van der Waals surface area contributed by atoms with Crippen molar-refractivity contribution in [1.29, 1.82) is 0 Å². The summed E-state index contributed by atoms with van der Waals surface area (Å²) in [6.07, 6.45) is 1.46. The number of halogens is 2. The standard InChI is InChI=1S/C19H13F2N3O2/c20-12-8-9-15(23-19(26)16-7-3-4-10-22-16)17(11-12)24-18(25)13-5-1-2-6-14(13)21/h1-11H,(H,23,26)(H,24,25). The van der Waals surface area contributed by atoms with E-state index in [1.165, 1.54) is 36.5 Å². The summed E-state index contributed by atoms with van der Waals surface area (Å²) in [7, 11) is 0. The molecule has 0 fully saturated rings. The van der Waals surface area contributed by atoms with Gasteiger partial charge >= 0.3 is 0 Å². The topological polar surface area (TPSA) is 71.1 Å². The normalized spacial score (nSPS) is 10.2. The second kappa shape index (κ2) is 7.52. The van der Waals surface area contributed by atoms with Crippen LogP contribution in [0.25, 0.3) is 0 Å². The first-order valence-corrected chi connectivity index (χ1v) is 7.62. The number of benzene rings is 2. The minimum atomic E-state index is -0.762. The van der Waals surface area contributed by atoms with Crippen LogP contribution in [0.2, 0.25) is 0 Å². The first-order valence-electron chi connectivity index (χ1n) is 7.62. The SMILES string of the molecule is O=C(Nc1ccc(F)cc1NC(=O)c1ccccc1F)c1ccccn1. The molecule has 2 N–H and O–H groups in total. The number of pyridine rings is 1. The number of nitrogens with one attached hydrogen (secondary N) is 2. The molecule has 0 saturated carbocycles. The third-order valence-corrected chi connectivity index (χ3v) is 3.49. The maximum absolute atomic E-state index is 13.7. The van der Waals surface area contributed by atoms with Crippen LogP contribution in [0, 0.1) is 11.6 Å². The molecule has 2 aromatic carbocycles. The summed E-state index contributed by atoms with van der Waals surface area (Å²) in [5, 5.41) is 4.96. The van der Waals surface area contributed by atoms with Gasteiger partial charge in [0.2, 0.25) is 0 Å². The summed E-state index contributed by atoms with van der Waals surface area (Å²) in [6.45, 7) is 0. The zero-order chi connectivity index (χ0) is 18.5. The Morgan fingerprint density at radius 1 is 0.808 bits per heavy atom. The minimum Gasteiger partial charge on any atom is -0.320 e. The highest BCUT2D eigenvalue weighted by molar-refractivity contribution is 6.09. The van der Waals surface area contributed by atoms with Gasteiger partial charge in [-0.25, -0.2) is 8.78 Å². The van der Waals surface area contributed by atoms with Gasteiger partial charge in [-0.05, 0) is 42.5 Å². The highest BCUT2D eigenvalue weighted by Crippen LogP contribution is 2.24. The van der Waals surface area contributed by atoms with Crippen LogP contribution < -0.4 is 10.6 Å². The van der Waals surface area contributed by atoms with Gasteiger partial charge in [-0.15, -0.1) is 0 Å². The van der Waals surface area contributed by atoms with Crippen LogP contribution in [0.15, 0.2) is 66.9 Å². The smallest absolute Gasteiger partial charge is 0.274 e. The average Bonchev–Trinajstić information content (AvgIpc) is 2.65. The molecule has 0 aliphatic heterocycles. The largest absolute Gasteiger partial charge is 0.320 e. The van der Waals surface area contributed by atoms with Crippen molar-refractivity contribution in [3.63, 3.8) is 0 Å². The van der Waals surface area contributed by atoms with E-state index >= 15 is 0 Å². The lowest BCUT2D eigenvalue weighted by Crippen LogP contribution is -2.18. The third kappa shape index (κ3) is 3.89. The fraction of sp³-hybridized carbons (Fsp3) is 0. The highest BCUT2D eigenvalue weighted by Gasteiger charge is 2.15. The first kappa shape index (κ1) is 17.2. The van der Waals surface area contributed by atoms with E-state index in [2.05, 4.69) is 15.6 Å². The van der Waals surface area contributed by atoms with Crippen molar-refractivity contribution in [3.8, 4) is 0 Å². The van der Waals surface area contributed by atoms with E-state index in [1.54, 1.807) is 12.1 Å². The van der Waals surface area contributed by atoms with Crippen molar-refractivity contribution < 1.29 is 18.4 Å². The van der Waals surface area contributed by atoms with Crippen LogP contribution in [0.5, 0.6) is 0 Å². The van der Waals surface area contributed by atoms with Crippen molar-refractivity contribution in [2.45, 2.75) is 0 Å². The summed E-state index contributed by atoms with van der Waals surface area (Å²) >= 11 is 0. The zero-order valence-corrected chi connectivity index (χ0v) is 13.4. The molecule has 0 saturated heterocycles. The Balaban J connectivity index is 1.86. The lowest BCUT2D eigenvalue weighted by molar-refractivity contribution is 0.101. The molecule has 0 aliphatic rings. The van der Waals surface area contributed by atoms with Gasteiger partial charge in [0, 0.05) is 6.20 Å². The molecule has 130 valence electrons. The number of hydrogen-bond donors (Lipinski definition) is 2. The monoisotopic (exact) mass is 353 g/mol. The number of rotatable bonds is 4. The Kier molecular flexibility index (Phi) is 4.98. The molecule has 1 heterocycles. The molecule has 0 spiro atoms. The van der Waals surface area contributed by atoms with E-state index < -0.39 is 23.4 Å². The maximum Gasteiger partial charge on any atom is 0.274 e. The molecular formula is C19H13F2N3O2. The molecule has 2 amide bonds. The molecule has 3 aromatic rings. The molecule has 1 aromatic heterocycles. The molecule has 3 rings (SSSR count). The predicted octanol–water partition coefficient (Wildman–Crippen LogP) is 3.86. The molecule has 0 atom stereocenters. The fourth-order valence-electron chi connectivity index (χ4n) is 2.25. The number of carbonyl (C=O) groups is 2. The summed E-state index contributed by atoms with van der Waals surface area (Å²) in [5.41, 5.74) is 0.122. The van der Waals surface area contributed by atoms with Crippen LogP contribution in [0.4, 0.5) is 20.2 Å². The third-order valence-electron chi connectivity index (χ3n) is 3.49. The zero-order valence-electron chi connectivity index (χ0n) is 13.4. The van der Waals surface area contributed by atoms with E-state index in [9.17, 15) is 18.4 Å². The van der Waals surface area contributed by atoms with Gasteiger partial charge in [-0.3, -0.25) is 14.6 Å². The van der Waals surface area contributed by atoms with E-state index in [0.717, 1.165) is 18.2 Å². The molecule has 0 aliphatic carbocycles. The molecule has 7 heteroatoms. The Morgan fingerprint density at radius 3 is 2.27 bits per heavy atom. The average molecular weight is 353 g/mol. The van der Waals surface area contributed by atoms with E-state index in [-0.39, 0.29) is 22.6 Å². The van der Waals surface area contributed by atoms with E-state index in [4.69, 9.17) is 0 Å². The number of hydrogen-bond acceptors (Lipinski definition) is 3. The summed E-state index contributed by atoms with van der Waals surface area (Å²) in [6, 6.07) is 13.7. The molecular weight excluding hydrogens is 340 g/mol. The molecule has 0 unspecified atom stereocenters. The summed E-state index contributed by atoms with van der Waals surface area (Å²) in [5.74, 6) is -2.62. The Hall–Kier alpha value is -3.61. The quantitative estimate of drug-likeness (QED) is 0.748. The molecule has 0 bridgehead atoms. The summed E-state index contributed by atoms with van der Waals surface area (Å²) in [4.78, 5) is 28.4. The number of aromatic nitrogens is 1. The van der Waals surface area contributed by atoms with Crippen LogP contribution >= 0.6 is 0 Å². The number of amides is 2. The van der Waals surface area contributed by atoms with Crippen LogP contribution in [0.3, 0.4) is 0 Å². The van der Waals surface area contributed by atoms with Crippen LogP contribution in [-0.2, 0) is 0 Å². The van der Waals surface area contributed by atoms with Crippen molar-refractivity contribution in [3.05, 3.63) is 89.8 Å². The van der Waals surface area contributed by atoms with Crippen LogP contribution in [0.1, 0.15) is 20.8 Å². The lowest BCUT2D eigenvalue weighted by atomic mass is 10.2. The number of anilines is 2. The van der Waals surface area contributed by atoms with Crippen molar-refractivity contribution >= 4 is 23.2 Å². The van der Waals surface area contributed by atoms with Gasteiger partial charge in [-0.1, -0.05) is 18.2 Å². The van der Waals surface area contributed by atoms with Gasteiger partial charge in [0.05, 0.1) is 16.9 Å². The number of carbonyl (C=O) groups excluding carboxylic acids is 2. The molecule has 0 radical (unpaired) electrons. The number of nitrogens with zero attached hydrogens (tertiary/aromatic N) is 1. The predicted molar refractivity (Wildman–Crippen MR) is 92.9 cm³/mol. The minimum absolute atomic E-state index is 0.00235. The summed E-state index contributed by atoms with van der Waals surface area (Å²) < 4.78 is 27.3. The highest BCUT2D eigenvalue weighted by atomic mass is 19.1. The Bertz CT molecular complexity index is 962. The molecule has 26 heavy (non-hydrogen) atoms. The van der Waals surface area contributed by atoms with Gasteiger partial charge in [0.25, 0.3) is 11.8 Å². The second-order valence-electron chi connectivity index (χ2n) is 5.29. The lowest BCUT2D eigenvalue weighted by Gasteiger charge is -2.13. The Labute approximate surface area is 147 Å². The Morgan fingerprint density at radius 2 is 1.54 bits per heavy atom. The van der Waals surface area contributed by atoms with Gasteiger partial charge in [0.1, 0.15) is 17.3 Å². The van der Waals surface area contributed by atoms with Crippen molar-refractivity contribution in [2.75, 3.05) is 10.6 Å². The second-order valence-corrected chi connectivity index (χ2v) is 5.29. The maximum atomic E-state index is 13.7. The van der Waals surface area contributed by atoms with Gasteiger partial charge in [-0.2, -0.15) is 0 Å². The van der Waals surface area contributed by atoms with Crippen molar-refractivity contribution in [2.24, 2.45) is 0 Å². The first-order chi connectivity index (χ1) is 12.5. The van der Waals surface area contributed by atoms with Crippen LogP contribution in [-0.4, -0.2) is 16.8 Å². The van der Waals surface area contributed by atoms with Gasteiger partial charge < -0.3 is 10.6 Å². The fourth-order valence-corrected chi connectivity index (χ4v) is 2.25. The van der Waals surface area contributed by atoms with E-state index in [0.29, 0.717) is 0 Å².